The number of carbonyl (C=O) groups is 1. The standard InChI is InChI=1S/C25H24N2O4/c1-16-3-4-19(13-24(28)29-2)23(9-16)31-15-17-10-20-6-8-30-25(20)22(11-17)18-5-7-27-21(12-18)14-26/h3-12H,13-15,26H2,1-2H3. The molecule has 158 valence electrons. The molecule has 2 N–H and O–H groups in total. The van der Waals surface area contributed by atoms with Gasteiger partial charge in [0, 0.05) is 29.3 Å². The molecule has 0 bridgehead atoms. The van der Waals surface area contributed by atoms with Crippen molar-refractivity contribution in [2.45, 2.75) is 26.5 Å². The van der Waals surface area contributed by atoms with Gasteiger partial charge in [-0.3, -0.25) is 9.78 Å². The van der Waals surface area contributed by atoms with Crippen LogP contribution in [0.15, 0.2) is 65.4 Å². The van der Waals surface area contributed by atoms with Crippen LogP contribution in [0.4, 0.5) is 0 Å². The van der Waals surface area contributed by atoms with E-state index < -0.39 is 0 Å². The van der Waals surface area contributed by atoms with Gasteiger partial charge in [0.1, 0.15) is 17.9 Å². The Bertz CT molecular complexity index is 1230. The number of hydrogen-bond donors (Lipinski definition) is 1. The fourth-order valence-electron chi connectivity index (χ4n) is 3.53. The summed E-state index contributed by atoms with van der Waals surface area (Å²) in [5, 5.41) is 0.987. The normalized spacial score (nSPS) is 10.9. The number of carbonyl (C=O) groups excluding carboxylic acids is 1. The average Bonchev–Trinajstić information content (AvgIpc) is 3.27. The highest BCUT2D eigenvalue weighted by atomic mass is 16.5. The van der Waals surface area contributed by atoms with Crippen LogP contribution < -0.4 is 10.5 Å². The lowest BCUT2D eigenvalue weighted by atomic mass is 10.0. The molecule has 6 nitrogen and oxygen atoms in total. The fourth-order valence-corrected chi connectivity index (χ4v) is 3.53. The molecule has 0 aliphatic rings. The van der Waals surface area contributed by atoms with Crippen LogP contribution in [0.5, 0.6) is 5.75 Å². The molecule has 0 saturated heterocycles. The Balaban J connectivity index is 1.66. The number of pyridine rings is 1. The van der Waals surface area contributed by atoms with Gasteiger partial charge < -0.3 is 19.6 Å². The quantitative estimate of drug-likeness (QED) is 0.445. The number of ether oxygens (including phenoxy) is 2. The molecule has 0 radical (unpaired) electrons. The van der Waals surface area contributed by atoms with Crippen molar-refractivity contribution in [2.75, 3.05) is 7.11 Å². The van der Waals surface area contributed by atoms with Crippen molar-refractivity contribution in [1.82, 2.24) is 4.98 Å². The molecule has 0 atom stereocenters. The van der Waals surface area contributed by atoms with E-state index in [9.17, 15) is 4.79 Å². The second kappa shape index (κ2) is 9.02. The highest BCUT2D eigenvalue weighted by Gasteiger charge is 2.13. The summed E-state index contributed by atoms with van der Waals surface area (Å²) in [7, 11) is 1.38. The second-order valence-corrected chi connectivity index (χ2v) is 7.38. The van der Waals surface area contributed by atoms with Gasteiger partial charge in [0.25, 0.3) is 0 Å². The summed E-state index contributed by atoms with van der Waals surface area (Å²) in [4.78, 5) is 16.0. The Kier molecular flexibility index (Phi) is 6.00. The number of methoxy groups -OCH3 is 1. The highest BCUT2D eigenvalue weighted by molar-refractivity contribution is 5.93. The number of esters is 1. The molecular formula is C25H24N2O4. The van der Waals surface area contributed by atoms with Crippen molar-refractivity contribution in [2.24, 2.45) is 5.73 Å². The van der Waals surface area contributed by atoms with Crippen LogP contribution >= 0.6 is 0 Å². The smallest absolute Gasteiger partial charge is 0.310 e. The maximum Gasteiger partial charge on any atom is 0.310 e. The molecule has 0 aliphatic carbocycles. The molecule has 2 aromatic heterocycles. The van der Waals surface area contributed by atoms with E-state index in [4.69, 9.17) is 19.6 Å². The van der Waals surface area contributed by atoms with Crippen molar-refractivity contribution >= 4 is 16.9 Å². The van der Waals surface area contributed by atoms with E-state index in [-0.39, 0.29) is 12.4 Å². The second-order valence-electron chi connectivity index (χ2n) is 7.38. The van der Waals surface area contributed by atoms with Crippen molar-refractivity contribution in [3.8, 4) is 16.9 Å². The van der Waals surface area contributed by atoms with Crippen LogP contribution in [0.3, 0.4) is 0 Å². The number of nitrogens with zero attached hydrogens (tertiary/aromatic N) is 1. The molecule has 6 heteroatoms. The predicted octanol–water partition coefficient (Wildman–Crippen LogP) is 4.56. The summed E-state index contributed by atoms with van der Waals surface area (Å²) in [6.45, 7) is 2.71. The number of furan rings is 1. The first-order chi connectivity index (χ1) is 15.1. The lowest BCUT2D eigenvalue weighted by molar-refractivity contribution is -0.139. The highest BCUT2D eigenvalue weighted by Crippen LogP contribution is 2.32. The molecule has 4 rings (SSSR count). The summed E-state index contributed by atoms with van der Waals surface area (Å²) in [5.74, 6) is 0.373. The van der Waals surface area contributed by atoms with Gasteiger partial charge in [-0.1, -0.05) is 12.1 Å². The van der Waals surface area contributed by atoms with E-state index in [1.54, 1.807) is 12.5 Å². The number of benzene rings is 2. The van der Waals surface area contributed by atoms with Crippen molar-refractivity contribution in [3.05, 3.63) is 83.4 Å². The lowest BCUT2D eigenvalue weighted by Crippen LogP contribution is -2.07. The summed E-state index contributed by atoms with van der Waals surface area (Å²) >= 11 is 0. The Morgan fingerprint density at radius 3 is 2.81 bits per heavy atom. The van der Waals surface area contributed by atoms with Crippen LogP contribution in [0.25, 0.3) is 22.1 Å². The molecule has 0 unspecified atom stereocenters. The molecular weight excluding hydrogens is 392 g/mol. The maximum absolute atomic E-state index is 11.8. The Morgan fingerprint density at radius 2 is 2.00 bits per heavy atom. The van der Waals surface area contributed by atoms with E-state index in [2.05, 4.69) is 11.1 Å². The molecule has 0 fully saturated rings. The van der Waals surface area contributed by atoms with E-state index in [1.165, 1.54) is 7.11 Å². The topological polar surface area (TPSA) is 87.6 Å². The minimum atomic E-state index is -0.302. The van der Waals surface area contributed by atoms with E-state index in [0.717, 1.165) is 44.5 Å². The summed E-state index contributed by atoms with van der Waals surface area (Å²) in [6, 6.07) is 15.7. The summed E-state index contributed by atoms with van der Waals surface area (Å²) < 4.78 is 16.7. The third kappa shape index (κ3) is 4.59. The molecule has 0 saturated carbocycles. The molecule has 31 heavy (non-hydrogen) atoms. The van der Waals surface area contributed by atoms with Crippen LogP contribution in [-0.2, 0) is 29.1 Å². The number of aryl methyl sites for hydroxylation is 1. The number of fused-ring (bicyclic) bond motifs is 1. The van der Waals surface area contributed by atoms with Crippen LogP contribution in [0, 0.1) is 6.92 Å². The molecule has 0 spiro atoms. The van der Waals surface area contributed by atoms with Gasteiger partial charge in [0.05, 0.1) is 25.5 Å². The molecule has 0 aliphatic heterocycles. The fraction of sp³-hybridized carbons (Fsp3) is 0.200. The monoisotopic (exact) mass is 416 g/mol. The predicted molar refractivity (Wildman–Crippen MR) is 119 cm³/mol. The van der Waals surface area contributed by atoms with Crippen molar-refractivity contribution < 1.29 is 18.7 Å². The van der Waals surface area contributed by atoms with Gasteiger partial charge in [-0.15, -0.1) is 0 Å². The first-order valence-electron chi connectivity index (χ1n) is 10.0. The minimum absolute atomic E-state index is 0.164. The number of hydrogen-bond acceptors (Lipinski definition) is 6. The van der Waals surface area contributed by atoms with E-state index in [1.807, 2.05) is 49.4 Å². The third-order valence-electron chi connectivity index (χ3n) is 5.13. The van der Waals surface area contributed by atoms with Crippen LogP contribution in [0.2, 0.25) is 0 Å². The SMILES string of the molecule is COC(=O)Cc1ccc(C)cc1OCc1cc(-c2ccnc(CN)c2)c2occc2c1. The summed E-state index contributed by atoms with van der Waals surface area (Å²) in [5.41, 5.74) is 12.2. The Labute approximate surface area is 180 Å². The maximum atomic E-state index is 11.8. The van der Waals surface area contributed by atoms with Crippen molar-refractivity contribution in [1.29, 1.82) is 0 Å². The Hall–Kier alpha value is -3.64. The van der Waals surface area contributed by atoms with Gasteiger partial charge in [0.2, 0.25) is 0 Å². The molecule has 2 heterocycles. The number of rotatable bonds is 7. The van der Waals surface area contributed by atoms with Gasteiger partial charge >= 0.3 is 5.97 Å². The summed E-state index contributed by atoms with van der Waals surface area (Å²) in [6.07, 6.45) is 3.59. The first-order valence-corrected chi connectivity index (χ1v) is 10.0. The minimum Gasteiger partial charge on any atom is -0.489 e. The van der Waals surface area contributed by atoms with Crippen LogP contribution in [-0.4, -0.2) is 18.1 Å². The van der Waals surface area contributed by atoms with E-state index >= 15 is 0 Å². The first kappa shape index (κ1) is 20.6. The van der Waals surface area contributed by atoms with Gasteiger partial charge in [-0.2, -0.15) is 0 Å². The average molecular weight is 416 g/mol. The molecule has 0 amide bonds. The third-order valence-corrected chi connectivity index (χ3v) is 5.13. The number of nitrogens with two attached hydrogens (primary N) is 1. The lowest BCUT2D eigenvalue weighted by Gasteiger charge is -2.13. The zero-order chi connectivity index (χ0) is 21.8. The Morgan fingerprint density at radius 1 is 1.13 bits per heavy atom. The van der Waals surface area contributed by atoms with Gasteiger partial charge in [0.15, 0.2) is 0 Å². The van der Waals surface area contributed by atoms with Crippen molar-refractivity contribution in [3.63, 3.8) is 0 Å². The zero-order valence-electron chi connectivity index (χ0n) is 17.6. The largest absolute Gasteiger partial charge is 0.489 e. The van der Waals surface area contributed by atoms with Gasteiger partial charge in [-0.25, -0.2) is 0 Å². The van der Waals surface area contributed by atoms with E-state index in [0.29, 0.717) is 18.9 Å². The zero-order valence-corrected chi connectivity index (χ0v) is 17.6. The number of aromatic nitrogens is 1. The van der Waals surface area contributed by atoms with Crippen LogP contribution in [0.1, 0.15) is 22.4 Å². The molecule has 4 aromatic rings. The molecule has 2 aromatic carbocycles. The van der Waals surface area contributed by atoms with Gasteiger partial charge in [-0.05, 0) is 60.0 Å².